The number of hydrogen-bond acceptors (Lipinski definition) is 3. The van der Waals surface area contributed by atoms with Gasteiger partial charge in [0.1, 0.15) is 0 Å². The van der Waals surface area contributed by atoms with Crippen molar-refractivity contribution in [2.45, 2.75) is 26.1 Å². The summed E-state index contributed by atoms with van der Waals surface area (Å²) >= 11 is 4.85. The third kappa shape index (κ3) is 2.64. The fourth-order valence-corrected chi connectivity index (χ4v) is 3.28. The maximum absolute atomic E-state index is 12.2. The average molecular weight is 304 g/mol. The molecule has 1 aliphatic heterocycles. The van der Waals surface area contributed by atoms with Gasteiger partial charge in [0.05, 0.1) is 20.9 Å². The van der Waals surface area contributed by atoms with Crippen LogP contribution >= 0.6 is 27.3 Å². The second-order valence-corrected chi connectivity index (χ2v) is 6.53. The number of ether oxygens (including phenoxy) is 1. The van der Waals surface area contributed by atoms with Gasteiger partial charge in [0, 0.05) is 13.1 Å². The Hall–Kier alpha value is -0.390. The highest BCUT2D eigenvalue weighted by Crippen LogP contribution is 2.24. The molecule has 0 radical (unpaired) electrons. The van der Waals surface area contributed by atoms with Crippen molar-refractivity contribution in [3.8, 4) is 0 Å². The quantitative estimate of drug-likeness (QED) is 0.798. The fourth-order valence-electron chi connectivity index (χ4n) is 1.93. The van der Waals surface area contributed by atoms with Gasteiger partial charge in [-0.3, -0.25) is 4.79 Å². The van der Waals surface area contributed by atoms with E-state index in [1.165, 1.54) is 11.3 Å². The van der Waals surface area contributed by atoms with Crippen LogP contribution in [0.2, 0.25) is 0 Å². The summed E-state index contributed by atoms with van der Waals surface area (Å²) in [4.78, 5) is 14.8. The lowest BCUT2D eigenvalue weighted by atomic mass is 10.2. The highest BCUT2D eigenvalue weighted by molar-refractivity contribution is 9.11. The molecule has 1 fully saturated rings. The Morgan fingerprint density at radius 1 is 1.44 bits per heavy atom. The van der Waals surface area contributed by atoms with Crippen LogP contribution in [0.5, 0.6) is 0 Å². The SMILES string of the molecule is C[C@@H]1CN(C(=O)c2ccc(Br)s2)C[C@H](C)O1. The van der Waals surface area contributed by atoms with Gasteiger partial charge in [-0.25, -0.2) is 0 Å². The van der Waals surface area contributed by atoms with E-state index in [2.05, 4.69) is 15.9 Å². The smallest absolute Gasteiger partial charge is 0.264 e. The molecule has 0 unspecified atom stereocenters. The van der Waals surface area contributed by atoms with Crippen LogP contribution in [0.1, 0.15) is 23.5 Å². The number of rotatable bonds is 1. The lowest BCUT2D eigenvalue weighted by molar-refractivity contribution is -0.0585. The summed E-state index contributed by atoms with van der Waals surface area (Å²) < 4.78 is 6.60. The first-order valence-electron chi connectivity index (χ1n) is 5.26. The minimum Gasteiger partial charge on any atom is -0.372 e. The molecule has 2 rings (SSSR count). The molecule has 1 aromatic heterocycles. The van der Waals surface area contributed by atoms with Crippen molar-refractivity contribution in [1.82, 2.24) is 4.90 Å². The second-order valence-electron chi connectivity index (χ2n) is 4.07. The van der Waals surface area contributed by atoms with Crippen molar-refractivity contribution in [1.29, 1.82) is 0 Å². The first-order valence-corrected chi connectivity index (χ1v) is 6.87. The van der Waals surface area contributed by atoms with E-state index >= 15 is 0 Å². The zero-order chi connectivity index (χ0) is 11.7. The van der Waals surface area contributed by atoms with Crippen molar-refractivity contribution < 1.29 is 9.53 Å². The van der Waals surface area contributed by atoms with Gasteiger partial charge in [-0.1, -0.05) is 0 Å². The summed E-state index contributed by atoms with van der Waals surface area (Å²) in [6.45, 7) is 5.36. The molecule has 0 N–H and O–H groups in total. The van der Waals surface area contributed by atoms with E-state index in [0.29, 0.717) is 13.1 Å². The van der Waals surface area contributed by atoms with E-state index in [4.69, 9.17) is 4.74 Å². The zero-order valence-electron chi connectivity index (χ0n) is 9.27. The highest BCUT2D eigenvalue weighted by atomic mass is 79.9. The number of morpholine rings is 1. The molecule has 1 amide bonds. The minimum atomic E-state index is 0.109. The predicted molar refractivity (Wildman–Crippen MR) is 67.9 cm³/mol. The van der Waals surface area contributed by atoms with Crippen LogP contribution in [0.15, 0.2) is 15.9 Å². The number of thiophene rings is 1. The van der Waals surface area contributed by atoms with Crippen molar-refractivity contribution in [2.75, 3.05) is 13.1 Å². The van der Waals surface area contributed by atoms with Gasteiger partial charge in [-0.15, -0.1) is 11.3 Å². The number of hydrogen-bond donors (Lipinski definition) is 0. The van der Waals surface area contributed by atoms with E-state index in [0.717, 1.165) is 8.66 Å². The number of nitrogens with zero attached hydrogens (tertiary/aromatic N) is 1. The highest BCUT2D eigenvalue weighted by Gasteiger charge is 2.27. The molecule has 0 spiro atoms. The number of carbonyl (C=O) groups excluding carboxylic acids is 1. The Kier molecular flexibility index (Phi) is 3.66. The van der Waals surface area contributed by atoms with Gasteiger partial charge in [-0.2, -0.15) is 0 Å². The van der Waals surface area contributed by atoms with Crippen molar-refractivity contribution in [3.05, 3.63) is 20.8 Å². The molecule has 0 bridgehead atoms. The van der Waals surface area contributed by atoms with Crippen molar-refractivity contribution >= 4 is 33.2 Å². The summed E-state index contributed by atoms with van der Waals surface area (Å²) in [6.07, 6.45) is 0.243. The van der Waals surface area contributed by atoms with Crippen molar-refractivity contribution in [3.63, 3.8) is 0 Å². The Bertz CT molecular complexity index is 383. The van der Waals surface area contributed by atoms with Gasteiger partial charge in [0.15, 0.2) is 0 Å². The Morgan fingerprint density at radius 2 is 2.06 bits per heavy atom. The lowest BCUT2D eigenvalue weighted by Gasteiger charge is -2.35. The zero-order valence-corrected chi connectivity index (χ0v) is 11.7. The number of carbonyl (C=O) groups is 1. The minimum absolute atomic E-state index is 0.109. The molecule has 1 saturated heterocycles. The van der Waals surface area contributed by atoms with Crippen LogP contribution in [0, 0.1) is 0 Å². The number of amides is 1. The molecule has 2 atom stereocenters. The monoisotopic (exact) mass is 303 g/mol. The Balaban J connectivity index is 2.09. The van der Waals surface area contributed by atoms with Crippen LogP contribution in [0.3, 0.4) is 0 Å². The van der Waals surface area contributed by atoms with Crippen LogP contribution in [0.25, 0.3) is 0 Å². The van der Waals surface area contributed by atoms with Crippen LogP contribution in [0.4, 0.5) is 0 Å². The standard InChI is InChI=1S/C11H14BrNO2S/c1-7-5-13(6-8(2)15-7)11(14)9-3-4-10(12)16-9/h3-4,7-8H,5-6H2,1-2H3/t7-,8+. The average Bonchev–Trinajstić information content (AvgIpc) is 2.62. The van der Waals surface area contributed by atoms with E-state index in [1.54, 1.807) is 0 Å². The molecule has 3 nitrogen and oxygen atoms in total. The van der Waals surface area contributed by atoms with Crippen LogP contribution < -0.4 is 0 Å². The summed E-state index contributed by atoms with van der Waals surface area (Å²) in [5.74, 6) is 0.109. The fraction of sp³-hybridized carbons (Fsp3) is 0.545. The van der Waals surface area contributed by atoms with Gasteiger partial charge in [-0.05, 0) is 41.9 Å². The summed E-state index contributed by atoms with van der Waals surface area (Å²) in [6, 6.07) is 3.77. The third-order valence-electron chi connectivity index (χ3n) is 2.49. The lowest BCUT2D eigenvalue weighted by Crippen LogP contribution is -2.48. The molecule has 1 aliphatic rings. The van der Waals surface area contributed by atoms with E-state index < -0.39 is 0 Å². The predicted octanol–water partition coefficient (Wildman–Crippen LogP) is 2.76. The maximum Gasteiger partial charge on any atom is 0.264 e. The second kappa shape index (κ2) is 4.85. The topological polar surface area (TPSA) is 29.5 Å². The molecule has 1 aromatic rings. The van der Waals surface area contributed by atoms with Gasteiger partial charge < -0.3 is 9.64 Å². The summed E-state index contributed by atoms with van der Waals surface area (Å²) in [5, 5.41) is 0. The summed E-state index contributed by atoms with van der Waals surface area (Å²) in [5.41, 5.74) is 0. The van der Waals surface area contributed by atoms with Crippen LogP contribution in [-0.2, 0) is 4.74 Å². The molecule has 0 aliphatic carbocycles. The molecular weight excluding hydrogens is 290 g/mol. The molecule has 88 valence electrons. The number of halogens is 1. The van der Waals surface area contributed by atoms with E-state index in [9.17, 15) is 4.79 Å². The third-order valence-corrected chi connectivity index (χ3v) is 4.10. The molecule has 2 heterocycles. The normalized spacial score (nSPS) is 25.8. The molecular formula is C11H14BrNO2S. The maximum atomic E-state index is 12.2. The first-order chi connectivity index (χ1) is 7.56. The van der Waals surface area contributed by atoms with E-state index in [-0.39, 0.29) is 18.1 Å². The van der Waals surface area contributed by atoms with Gasteiger partial charge in [0.2, 0.25) is 0 Å². The van der Waals surface area contributed by atoms with Gasteiger partial charge >= 0.3 is 0 Å². The molecule has 0 saturated carbocycles. The van der Waals surface area contributed by atoms with Crippen LogP contribution in [-0.4, -0.2) is 36.1 Å². The molecule has 16 heavy (non-hydrogen) atoms. The Morgan fingerprint density at radius 3 is 2.56 bits per heavy atom. The van der Waals surface area contributed by atoms with Crippen molar-refractivity contribution in [2.24, 2.45) is 0 Å². The largest absolute Gasteiger partial charge is 0.372 e. The first kappa shape index (κ1) is 12.1. The molecule has 5 heteroatoms. The summed E-state index contributed by atoms with van der Waals surface area (Å²) in [7, 11) is 0. The van der Waals surface area contributed by atoms with Gasteiger partial charge in [0.25, 0.3) is 5.91 Å². The van der Waals surface area contributed by atoms with E-state index in [1.807, 2.05) is 30.9 Å². The Labute approximate surface area is 108 Å². The molecule has 0 aromatic carbocycles.